The van der Waals surface area contributed by atoms with E-state index in [0.717, 1.165) is 22.6 Å². The van der Waals surface area contributed by atoms with E-state index in [1.807, 2.05) is 44.2 Å². The van der Waals surface area contributed by atoms with Gasteiger partial charge in [0.25, 0.3) is 0 Å². The molecule has 1 aromatic carbocycles. The second-order valence-corrected chi connectivity index (χ2v) is 5.18. The predicted molar refractivity (Wildman–Crippen MR) is 78.5 cm³/mol. The lowest BCUT2D eigenvalue weighted by Crippen LogP contribution is -2.28. The first-order valence-electron chi connectivity index (χ1n) is 6.87. The van der Waals surface area contributed by atoms with Crippen molar-refractivity contribution in [2.45, 2.75) is 32.9 Å². The van der Waals surface area contributed by atoms with Crippen LogP contribution < -0.4 is 0 Å². The van der Waals surface area contributed by atoms with Gasteiger partial charge in [0.15, 0.2) is 0 Å². The molecular formula is C16H20N2O3. The number of rotatable bonds is 5. The van der Waals surface area contributed by atoms with Crippen LogP contribution in [0.2, 0.25) is 0 Å². The summed E-state index contributed by atoms with van der Waals surface area (Å²) in [6, 6.07) is 9.19. The van der Waals surface area contributed by atoms with E-state index in [9.17, 15) is 9.90 Å². The molecule has 0 saturated carbocycles. The molecule has 21 heavy (non-hydrogen) atoms. The Bertz CT molecular complexity index is 588. The number of nitrogens with zero attached hydrogens (tertiary/aromatic N) is 2. The molecule has 5 heteroatoms. The standard InChI is InChI=1S/C16H20N2O3/c1-11-14(12(2)21-17-11)10-18(3)16(20)9-15(19)13-7-5-4-6-8-13/h4-8,15,19H,9-10H2,1-3H3. The van der Waals surface area contributed by atoms with Crippen molar-refractivity contribution in [3.63, 3.8) is 0 Å². The number of carbonyl (C=O) groups is 1. The Kier molecular flexibility index (Phi) is 4.75. The normalized spacial score (nSPS) is 12.2. The molecule has 2 aromatic rings. The van der Waals surface area contributed by atoms with E-state index < -0.39 is 6.10 Å². The molecule has 0 aliphatic heterocycles. The molecule has 1 atom stereocenters. The minimum Gasteiger partial charge on any atom is -0.388 e. The number of hydrogen-bond donors (Lipinski definition) is 1. The quantitative estimate of drug-likeness (QED) is 0.917. The fourth-order valence-corrected chi connectivity index (χ4v) is 2.17. The molecule has 0 bridgehead atoms. The van der Waals surface area contributed by atoms with Gasteiger partial charge in [-0.1, -0.05) is 35.5 Å². The number of aliphatic hydroxyl groups is 1. The van der Waals surface area contributed by atoms with E-state index >= 15 is 0 Å². The van der Waals surface area contributed by atoms with Crippen LogP contribution >= 0.6 is 0 Å². The minimum absolute atomic E-state index is 0.0594. The topological polar surface area (TPSA) is 66.6 Å². The Hall–Kier alpha value is -2.14. The van der Waals surface area contributed by atoms with Gasteiger partial charge >= 0.3 is 0 Å². The van der Waals surface area contributed by atoms with Gasteiger partial charge in [0, 0.05) is 12.6 Å². The summed E-state index contributed by atoms with van der Waals surface area (Å²) in [6.45, 7) is 4.11. The third-order valence-electron chi connectivity index (χ3n) is 3.55. The first-order chi connectivity index (χ1) is 9.99. The monoisotopic (exact) mass is 288 g/mol. The molecule has 0 fully saturated rings. The number of aromatic nitrogens is 1. The molecule has 1 unspecified atom stereocenters. The number of amides is 1. The highest BCUT2D eigenvalue weighted by molar-refractivity contribution is 5.76. The van der Waals surface area contributed by atoms with Gasteiger partial charge in [-0.25, -0.2) is 0 Å². The molecule has 0 saturated heterocycles. The van der Waals surface area contributed by atoms with Crippen LogP contribution in [-0.4, -0.2) is 28.1 Å². The number of aryl methyl sites for hydroxylation is 2. The zero-order valence-corrected chi connectivity index (χ0v) is 12.5. The number of aliphatic hydroxyl groups excluding tert-OH is 1. The molecule has 5 nitrogen and oxygen atoms in total. The molecule has 1 aromatic heterocycles. The maximum absolute atomic E-state index is 12.2. The van der Waals surface area contributed by atoms with E-state index in [2.05, 4.69) is 5.16 Å². The zero-order chi connectivity index (χ0) is 15.4. The van der Waals surface area contributed by atoms with E-state index in [4.69, 9.17) is 4.52 Å². The first-order valence-corrected chi connectivity index (χ1v) is 6.87. The molecule has 1 N–H and O–H groups in total. The molecule has 0 aliphatic carbocycles. The summed E-state index contributed by atoms with van der Waals surface area (Å²) in [5.41, 5.74) is 2.45. The molecule has 0 spiro atoms. The number of carbonyl (C=O) groups excluding carboxylic acids is 1. The summed E-state index contributed by atoms with van der Waals surface area (Å²) in [6.07, 6.45) is -0.727. The van der Waals surface area contributed by atoms with Gasteiger partial charge in [0.1, 0.15) is 5.76 Å². The van der Waals surface area contributed by atoms with Crippen LogP contribution in [0.4, 0.5) is 0 Å². The average molecular weight is 288 g/mol. The summed E-state index contributed by atoms with van der Waals surface area (Å²) >= 11 is 0. The Morgan fingerprint density at radius 2 is 2.00 bits per heavy atom. The number of hydrogen-bond acceptors (Lipinski definition) is 4. The summed E-state index contributed by atoms with van der Waals surface area (Å²) in [5.74, 6) is 0.599. The molecule has 0 aliphatic rings. The highest BCUT2D eigenvalue weighted by atomic mass is 16.5. The average Bonchev–Trinajstić information content (AvgIpc) is 2.79. The minimum atomic E-state index is -0.786. The highest BCUT2D eigenvalue weighted by Crippen LogP contribution is 2.19. The van der Waals surface area contributed by atoms with Gasteiger partial charge in [-0.05, 0) is 19.4 Å². The van der Waals surface area contributed by atoms with Gasteiger partial charge in [-0.3, -0.25) is 4.79 Å². The molecule has 0 radical (unpaired) electrons. The first kappa shape index (κ1) is 15.3. The summed E-state index contributed by atoms with van der Waals surface area (Å²) in [7, 11) is 1.71. The van der Waals surface area contributed by atoms with Gasteiger partial charge in [0.05, 0.1) is 24.8 Å². The molecule has 1 heterocycles. The summed E-state index contributed by atoms with van der Waals surface area (Å²) < 4.78 is 5.09. The Morgan fingerprint density at radius 1 is 1.33 bits per heavy atom. The molecule has 2 rings (SSSR count). The van der Waals surface area contributed by atoms with Gasteiger partial charge in [-0.15, -0.1) is 0 Å². The van der Waals surface area contributed by atoms with Crippen LogP contribution in [0, 0.1) is 13.8 Å². The van der Waals surface area contributed by atoms with Crippen molar-refractivity contribution in [3.05, 3.63) is 52.9 Å². The lowest BCUT2D eigenvalue weighted by Gasteiger charge is -2.19. The fraction of sp³-hybridized carbons (Fsp3) is 0.375. The van der Waals surface area contributed by atoms with Crippen molar-refractivity contribution in [2.75, 3.05) is 7.05 Å². The largest absolute Gasteiger partial charge is 0.388 e. The van der Waals surface area contributed by atoms with Crippen molar-refractivity contribution in [1.29, 1.82) is 0 Å². The zero-order valence-electron chi connectivity index (χ0n) is 12.5. The van der Waals surface area contributed by atoms with Gasteiger partial charge in [-0.2, -0.15) is 0 Å². The van der Waals surface area contributed by atoms with Gasteiger partial charge < -0.3 is 14.5 Å². The van der Waals surface area contributed by atoms with Crippen molar-refractivity contribution in [1.82, 2.24) is 10.1 Å². The van der Waals surface area contributed by atoms with Crippen LogP contribution in [0.15, 0.2) is 34.9 Å². The van der Waals surface area contributed by atoms with E-state index in [0.29, 0.717) is 6.54 Å². The fourth-order valence-electron chi connectivity index (χ4n) is 2.17. The summed E-state index contributed by atoms with van der Waals surface area (Å²) in [4.78, 5) is 13.8. The van der Waals surface area contributed by atoms with Gasteiger partial charge in [0.2, 0.25) is 5.91 Å². The van der Waals surface area contributed by atoms with Crippen LogP contribution in [0.1, 0.15) is 35.1 Å². The number of benzene rings is 1. The smallest absolute Gasteiger partial charge is 0.225 e. The maximum Gasteiger partial charge on any atom is 0.225 e. The van der Waals surface area contributed by atoms with E-state index in [1.54, 1.807) is 11.9 Å². The Balaban J connectivity index is 1.97. The Morgan fingerprint density at radius 3 is 2.57 bits per heavy atom. The van der Waals surface area contributed by atoms with Crippen molar-refractivity contribution in [3.8, 4) is 0 Å². The van der Waals surface area contributed by atoms with E-state index in [-0.39, 0.29) is 12.3 Å². The van der Waals surface area contributed by atoms with Crippen LogP contribution in [-0.2, 0) is 11.3 Å². The third-order valence-corrected chi connectivity index (χ3v) is 3.55. The van der Waals surface area contributed by atoms with E-state index in [1.165, 1.54) is 0 Å². The van der Waals surface area contributed by atoms with Crippen LogP contribution in [0.5, 0.6) is 0 Å². The lowest BCUT2D eigenvalue weighted by atomic mass is 10.1. The molecular weight excluding hydrogens is 268 g/mol. The second kappa shape index (κ2) is 6.54. The van der Waals surface area contributed by atoms with Crippen molar-refractivity contribution < 1.29 is 14.4 Å². The predicted octanol–water partition coefficient (Wildman–Crippen LogP) is 2.37. The molecule has 112 valence electrons. The maximum atomic E-state index is 12.2. The van der Waals surface area contributed by atoms with Crippen molar-refractivity contribution in [2.24, 2.45) is 0 Å². The van der Waals surface area contributed by atoms with Crippen molar-refractivity contribution >= 4 is 5.91 Å². The highest BCUT2D eigenvalue weighted by Gasteiger charge is 2.19. The Labute approximate surface area is 124 Å². The van der Waals surface area contributed by atoms with Crippen LogP contribution in [0.25, 0.3) is 0 Å². The SMILES string of the molecule is Cc1noc(C)c1CN(C)C(=O)CC(O)c1ccccc1. The molecule has 1 amide bonds. The second-order valence-electron chi connectivity index (χ2n) is 5.18. The third kappa shape index (κ3) is 3.70. The lowest BCUT2D eigenvalue weighted by molar-refractivity contribution is -0.132. The summed E-state index contributed by atoms with van der Waals surface area (Å²) in [5, 5.41) is 14.0. The van der Waals surface area contributed by atoms with Crippen LogP contribution in [0.3, 0.4) is 0 Å².